The van der Waals surface area contributed by atoms with Gasteiger partial charge in [0, 0.05) is 23.4 Å². The average molecular weight is 325 g/mol. The Morgan fingerprint density at radius 2 is 2.30 bits per heavy atom. The van der Waals surface area contributed by atoms with Gasteiger partial charge in [-0.1, -0.05) is 6.07 Å². The van der Waals surface area contributed by atoms with Gasteiger partial charge in [-0.05, 0) is 36.2 Å². The lowest BCUT2D eigenvalue weighted by Crippen LogP contribution is -2.22. The molecule has 2 aromatic rings. The first-order chi connectivity index (χ1) is 11.3. The lowest BCUT2D eigenvalue weighted by molar-refractivity contribution is 0.102. The molecule has 2 aliphatic rings. The van der Waals surface area contributed by atoms with Gasteiger partial charge in [0.15, 0.2) is 0 Å². The van der Waals surface area contributed by atoms with E-state index in [1.54, 1.807) is 6.07 Å². The number of ether oxygens (including phenoxy) is 1. The summed E-state index contributed by atoms with van der Waals surface area (Å²) in [5, 5.41) is 16.3. The highest BCUT2D eigenvalue weighted by Crippen LogP contribution is 2.35. The third kappa shape index (κ3) is 2.48. The standard InChI is InChI=1S/C17H15N3O2S/c18-8-13-12-3-5-19-9-15(12)23-17(13)20-16(21)11-2-1-10-4-6-22-14(10)7-11/h1-2,7,19H,3-6,9H2,(H,20,21). The molecule has 0 saturated heterocycles. The molecule has 116 valence electrons. The van der Waals surface area contributed by atoms with Crippen LogP contribution in [-0.4, -0.2) is 19.1 Å². The van der Waals surface area contributed by atoms with Crippen LogP contribution in [0.25, 0.3) is 0 Å². The topological polar surface area (TPSA) is 74.2 Å². The molecule has 23 heavy (non-hydrogen) atoms. The first-order valence-electron chi connectivity index (χ1n) is 7.58. The Morgan fingerprint density at radius 1 is 1.39 bits per heavy atom. The quantitative estimate of drug-likeness (QED) is 0.889. The van der Waals surface area contributed by atoms with E-state index in [2.05, 4.69) is 16.7 Å². The predicted octanol–water partition coefficient (Wildman–Crippen LogP) is 2.45. The lowest BCUT2D eigenvalue weighted by Gasteiger charge is -2.11. The monoisotopic (exact) mass is 325 g/mol. The molecule has 2 N–H and O–H groups in total. The number of fused-ring (bicyclic) bond motifs is 2. The van der Waals surface area contributed by atoms with Crippen LogP contribution in [0.1, 0.15) is 31.9 Å². The van der Waals surface area contributed by atoms with Crippen LogP contribution in [-0.2, 0) is 19.4 Å². The molecule has 0 atom stereocenters. The van der Waals surface area contributed by atoms with Gasteiger partial charge in [-0.2, -0.15) is 5.26 Å². The maximum absolute atomic E-state index is 12.5. The molecule has 0 unspecified atom stereocenters. The number of nitriles is 1. The molecule has 5 nitrogen and oxygen atoms in total. The van der Waals surface area contributed by atoms with Crippen molar-refractivity contribution in [1.29, 1.82) is 5.26 Å². The molecule has 0 spiro atoms. The number of hydrogen-bond acceptors (Lipinski definition) is 5. The summed E-state index contributed by atoms with van der Waals surface area (Å²) in [6.45, 7) is 2.30. The zero-order chi connectivity index (χ0) is 15.8. The molecule has 0 radical (unpaired) electrons. The highest BCUT2D eigenvalue weighted by Gasteiger charge is 2.22. The van der Waals surface area contributed by atoms with Crippen molar-refractivity contribution in [2.75, 3.05) is 18.5 Å². The lowest BCUT2D eigenvalue weighted by atomic mass is 10.0. The number of nitrogens with zero attached hydrogens (tertiary/aromatic N) is 1. The first-order valence-corrected chi connectivity index (χ1v) is 8.40. The van der Waals surface area contributed by atoms with Crippen molar-refractivity contribution in [3.63, 3.8) is 0 Å². The molecule has 0 saturated carbocycles. The van der Waals surface area contributed by atoms with E-state index < -0.39 is 0 Å². The summed E-state index contributed by atoms with van der Waals surface area (Å²) in [4.78, 5) is 13.6. The maximum atomic E-state index is 12.5. The van der Waals surface area contributed by atoms with Crippen molar-refractivity contribution in [2.45, 2.75) is 19.4 Å². The molecule has 1 aromatic carbocycles. The van der Waals surface area contributed by atoms with Crippen molar-refractivity contribution in [1.82, 2.24) is 5.32 Å². The van der Waals surface area contributed by atoms with E-state index in [9.17, 15) is 10.1 Å². The summed E-state index contributed by atoms with van der Waals surface area (Å²) >= 11 is 1.49. The number of anilines is 1. The fourth-order valence-corrected chi connectivity index (χ4v) is 4.19. The van der Waals surface area contributed by atoms with Gasteiger partial charge >= 0.3 is 0 Å². The van der Waals surface area contributed by atoms with Crippen molar-refractivity contribution in [3.8, 4) is 11.8 Å². The van der Waals surface area contributed by atoms with Gasteiger partial charge < -0.3 is 15.4 Å². The number of thiophene rings is 1. The van der Waals surface area contributed by atoms with Gasteiger partial charge in [-0.25, -0.2) is 0 Å². The Morgan fingerprint density at radius 3 is 3.17 bits per heavy atom. The highest BCUT2D eigenvalue weighted by atomic mass is 32.1. The number of carbonyl (C=O) groups excluding carboxylic acids is 1. The molecule has 2 aliphatic heterocycles. The van der Waals surface area contributed by atoms with E-state index in [0.717, 1.165) is 47.7 Å². The Bertz CT molecular complexity index is 835. The van der Waals surface area contributed by atoms with Gasteiger partial charge in [0.05, 0.1) is 12.2 Å². The Kier molecular flexibility index (Phi) is 3.52. The maximum Gasteiger partial charge on any atom is 0.256 e. The van der Waals surface area contributed by atoms with Crippen LogP contribution in [0.3, 0.4) is 0 Å². The number of rotatable bonds is 2. The molecular weight excluding hydrogens is 310 g/mol. The van der Waals surface area contributed by atoms with Gasteiger partial charge in [0.1, 0.15) is 16.8 Å². The van der Waals surface area contributed by atoms with Crippen LogP contribution in [0, 0.1) is 11.3 Å². The van der Waals surface area contributed by atoms with Crippen molar-refractivity contribution in [3.05, 3.63) is 45.3 Å². The molecular formula is C17H15N3O2S. The first kappa shape index (κ1) is 14.2. The minimum atomic E-state index is -0.202. The van der Waals surface area contributed by atoms with Crippen LogP contribution in [0.2, 0.25) is 0 Å². The van der Waals surface area contributed by atoms with Crippen LogP contribution >= 0.6 is 11.3 Å². The van der Waals surface area contributed by atoms with E-state index in [0.29, 0.717) is 22.7 Å². The van der Waals surface area contributed by atoms with Crippen molar-refractivity contribution in [2.24, 2.45) is 0 Å². The third-order valence-electron chi connectivity index (χ3n) is 4.23. The summed E-state index contributed by atoms with van der Waals surface area (Å²) in [5.74, 6) is 0.583. The molecule has 1 aromatic heterocycles. The van der Waals surface area contributed by atoms with Gasteiger partial charge in [-0.3, -0.25) is 4.79 Å². The molecule has 0 aliphatic carbocycles. The molecule has 0 fully saturated rings. The molecule has 0 bridgehead atoms. The molecule has 3 heterocycles. The zero-order valence-electron chi connectivity index (χ0n) is 12.4. The van der Waals surface area contributed by atoms with E-state index >= 15 is 0 Å². The fraction of sp³-hybridized carbons (Fsp3) is 0.294. The largest absolute Gasteiger partial charge is 0.493 e. The second kappa shape index (κ2) is 5.69. The average Bonchev–Trinajstić information content (AvgIpc) is 3.17. The number of benzene rings is 1. The van der Waals surface area contributed by atoms with E-state index in [4.69, 9.17) is 4.74 Å². The zero-order valence-corrected chi connectivity index (χ0v) is 13.3. The summed E-state index contributed by atoms with van der Waals surface area (Å²) in [6, 6.07) is 7.77. The number of hydrogen-bond donors (Lipinski definition) is 2. The van der Waals surface area contributed by atoms with Crippen molar-refractivity contribution >= 4 is 22.2 Å². The number of nitrogens with one attached hydrogen (secondary N) is 2. The molecule has 6 heteroatoms. The molecule has 1 amide bonds. The minimum Gasteiger partial charge on any atom is -0.493 e. The smallest absolute Gasteiger partial charge is 0.256 e. The Labute approximate surface area is 137 Å². The normalized spacial score (nSPS) is 15.3. The van der Waals surface area contributed by atoms with E-state index in [-0.39, 0.29) is 5.91 Å². The summed E-state index contributed by atoms with van der Waals surface area (Å²) < 4.78 is 5.51. The second-order valence-electron chi connectivity index (χ2n) is 5.62. The van der Waals surface area contributed by atoms with Crippen LogP contribution in [0.5, 0.6) is 5.75 Å². The van der Waals surface area contributed by atoms with Gasteiger partial charge in [0.2, 0.25) is 0 Å². The van der Waals surface area contributed by atoms with Gasteiger partial charge in [0.25, 0.3) is 5.91 Å². The molecule has 4 rings (SSSR count). The minimum absolute atomic E-state index is 0.202. The van der Waals surface area contributed by atoms with Gasteiger partial charge in [-0.15, -0.1) is 11.3 Å². The fourth-order valence-electron chi connectivity index (χ4n) is 3.02. The summed E-state index contributed by atoms with van der Waals surface area (Å²) in [6.07, 6.45) is 1.72. The summed E-state index contributed by atoms with van der Waals surface area (Å²) in [5.41, 5.74) is 3.37. The van der Waals surface area contributed by atoms with Crippen molar-refractivity contribution < 1.29 is 9.53 Å². The van der Waals surface area contributed by atoms with E-state index in [1.165, 1.54) is 11.3 Å². The highest BCUT2D eigenvalue weighted by molar-refractivity contribution is 7.16. The SMILES string of the molecule is N#Cc1c(NC(=O)c2ccc3c(c2)OCC3)sc2c1CCNC2. The number of amides is 1. The van der Waals surface area contributed by atoms with E-state index in [1.807, 2.05) is 12.1 Å². The van der Waals surface area contributed by atoms with Crippen LogP contribution in [0.15, 0.2) is 18.2 Å². The third-order valence-corrected chi connectivity index (χ3v) is 5.37. The van der Waals surface area contributed by atoms with Crippen LogP contribution in [0.4, 0.5) is 5.00 Å². The van der Waals surface area contributed by atoms with Crippen LogP contribution < -0.4 is 15.4 Å². The Balaban J connectivity index is 1.62. The second-order valence-corrected chi connectivity index (χ2v) is 6.73. The Hall–Kier alpha value is -2.36. The predicted molar refractivity (Wildman–Crippen MR) is 88.0 cm³/mol. The summed E-state index contributed by atoms with van der Waals surface area (Å²) in [7, 11) is 0. The number of carbonyl (C=O) groups is 1.